The monoisotopic (exact) mass is 925 g/mol. The molecule has 0 unspecified atom stereocenters. The summed E-state index contributed by atoms with van der Waals surface area (Å²) in [6.45, 7) is 29.2. The summed E-state index contributed by atoms with van der Waals surface area (Å²) in [6, 6.07) is 26.2. The van der Waals surface area contributed by atoms with E-state index in [4.69, 9.17) is 4.98 Å². The zero-order valence-electron chi connectivity index (χ0n) is 34.5. The summed E-state index contributed by atoms with van der Waals surface area (Å²) in [6.07, 6.45) is 6.91. The maximum absolute atomic E-state index is 11.7. The van der Waals surface area contributed by atoms with Crippen LogP contribution in [0.15, 0.2) is 78.7 Å². The van der Waals surface area contributed by atoms with E-state index in [-0.39, 0.29) is 54.3 Å². The molecule has 0 aliphatic rings. The first kappa shape index (κ1) is 44.5. The molecule has 5 rings (SSSR count). The van der Waals surface area contributed by atoms with Crippen LogP contribution in [0.1, 0.15) is 106 Å². The fourth-order valence-corrected chi connectivity index (χ4v) is 11.3. The molecule has 0 atom stereocenters. The quantitative estimate of drug-likeness (QED) is 0.0657. The van der Waals surface area contributed by atoms with Gasteiger partial charge in [-0.25, -0.2) is 0 Å². The van der Waals surface area contributed by atoms with Crippen LogP contribution in [0.4, 0.5) is 0 Å². The Morgan fingerprint density at radius 1 is 0.830 bits per heavy atom. The van der Waals surface area contributed by atoms with Gasteiger partial charge >= 0.3 is 0 Å². The molecule has 0 amide bonds. The van der Waals surface area contributed by atoms with Crippen LogP contribution in [0.25, 0.3) is 42.6 Å². The van der Waals surface area contributed by atoms with Crippen LogP contribution in [-0.4, -0.2) is 23.9 Å². The molecule has 0 fully saturated rings. The van der Waals surface area contributed by atoms with E-state index in [1.54, 1.807) is 0 Å². The molecule has 287 valence electrons. The summed E-state index contributed by atoms with van der Waals surface area (Å²) in [5, 5.41) is 15.1. The Kier molecular flexibility index (Phi) is 15.2. The van der Waals surface area contributed by atoms with Crippen molar-refractivity contribution >= 4 is 51.2 Å². The number of carbonyl (C=O) groups is 1. The van der Waals surface area contributed by atoms with Gasteiger partial charge in [-0.15, -0.1) is 40.5 Å². The van der Waals surface area contributed by atoms with Gasteiger partial charge in [0.2, 0.25) is 0 Å². The van der Waals surface area contributed by atoms with Crippen LogP contribution in [0.3, 0.4) is 0 Å². The van der Waals surface area contributed by atoms with Crippen molar-refractivity contribution in [1.29, 1.82) is 0 Å². The zero-order valence-corrected chi connectivity index (χ0v) is 38.7. The average molecular weight is 925 g/mol. The van der Waals surface area contributed by atoms with Crippen LogP contribution < -0.4 is 5.19 Å². The number of aromatic nitrogens is 1. The number of rotatable bonds is 10. The van der Waals surface area contributed by atoms with Gasteiger partial charge in [0, 0.05) is 59.5 Å². The smallest absolute Gasteiger partial charge is 0.162 e. The Labute approximate surface area is 339 Å². The van der Waals surface area contributed by atoms with Crippen LogP contribution in [0.5, 0.6) is 0 Å². The van der Waals surface area contributed by atoms with Gasteiger partial charge in [0.05, 0.1) is 13.8 Å². The van der Waals surface area contributed by atoms with Gasteiger partial charge in [0.15, 0.2) is 5.78 Å². The van der Waals surface area contributed by atoms with Crippen molar-refractivity contribution in [3.05, 3.63) is 95.9 Å². The summed E-state index contributed by atoms with van der Waals surface area (Å²) in [4.78, 5) is 18.1. The number of hydrogen-bond acceptors (Lipinski definition) is 4. The fourth-order valence-electron chi connectivity index (χ4n) is 7.04. The topological polar surface area (TPSA) is 50.2 Å². The number of fused-ring (bicyclic) bond motifs is 2. The van der Waals surface area contributed by atoms with Gasteiger partial charge < -0.3 is 5.11 Å². The number of benzene rings is 3. The standard InChI is InChI=1S/C34H38NSSi.C13H24O2.Ir/c1-33(2,3)25-16-14-22(15-17-25)30-32(37(7,8)9)27-18-19-35-29(31(27)36-30)24-20-23-12-10-11-13-26(23)28(21-24)34(4,5)6;1-5-10(6-2)12(14)9-13(15)11(7-3)8-4;/h10-19,21H,1-9H3;9-11,14H,5-8H2,1-4H3;/q-1;;/b;12-9-;. The molecule has 6 heteroatoms. The Bertz CT molecular complexity index is 2020. The first-order chi connectivity index (χ1) is 24.3. The predicted molar refractivity (Wildman–Crippen MR) is 231 cm³/mol. The molecule has 1 N–H and O–H groups in total. The van der Waals surface area contributed by atoms with Crippen molar-refractivity contribution in [2.75, 3.05) is 0 Å². The van der Waals surface area contributed by atoms with Crippen molar-refractivity contribution in [1.82, 2.24) is 4.98 Å². The maximum Gasteiger partial charge on any atom is 0.162 e. The van der Waals surface area contributed by atoms with E-state index >= 15 is 0 Å². The summed E-state index contributed by atoms with van der Waals surface area (Å²) in [5.41, 5.74) is 6.34. The summed E-state index contributed by atoms with van der Waals surface area (Å²) >= 11 is 1.91. The van der Waals surface area contributed by atoms with Crippen LogP contribution in [-0.2, 0) is 35.7 Å². The van der Waals surface area contributed by atoms with Crippen molar-refractivity contribution in [3.63, 3.8) is 0 Å². The molecule has 1 radical (unpaired) electrons. The molecule has 3 nitrogen and oxygen atoms in total. The van der Waals surface area contributed by atoms with Gasteiger partial charge in [0.1, 0.15) is 0 Å². The maximum atomic E-state index is 11.7. The minimum Gasteiger partial charge on any atom is -0.512 e. The van der Waals surface area contributed by atoms with Gasteiger partial charge in [-0.2, -0.15) is 0 Å². The number of aliphatic hydroxyl groups excluding tert-OH is 1. The largest absolute Gasteiger partial charge is 0.512 e. The molecule has 3 aromatic carbocycles. The Morgan fingerprint density at radius 3 is 1.94 bits per heavy atom. The summed E-state index contributed by atoms with van der Waals surface area (Å²) < 4.78 is 1.28. The molecule has 0 saturated heterocycles. The third kappa shape index (κ3) is 10.5. The first-order valence-corrected chi connectivity index (χ1v) is 23.6. The van der Waals surface area contributed by atoms with Crippen molar-refractivity contribution in [2.45, 2.75) is 125 Å². The van der Waals surface area contributed by atoms with E-state index in [1.165, 1.54) is 48.3 Å². The number of nitrogens with zero attached hydrogens (tertiary/aromatic N) is 1. The fraction of sp³-hybridized carbons (Fsp3) is 0.447. The summed E-state index contributed by atoms with van der Waals surface area (Å²) in [5.74, 6) is 0.547. The van der Waals surface area contributed by atoms with E-state index in [0.717, 1.165) is 42.3 Å². The third-order valence-corrected chi connectivity index (χ3v) is 13.8. The molecule has 53 heavy (non-hydrogen) atoms. The molecular formula is C47H62IrNO2SSi-. The molecule has 0 aliphatic heterocycles. The van der Waals surface area contributed by atoms with Crippen molar-refractivity contribution in [3.8, 4) is 21.7 Å². The summed E-state index contributed by atoms with van der Waals surface area (Å²) in [7, 11) is -1.66. The minimum absolute atomic E-state index is 0. The Balaban J connectivity index is 0.000000403. The number of thiophene rings is 1. The second-order valence-corrected chi connectivity index (χ2v) is 23.3. The number of pyridine rings is 1. The van der Waals surface area contributed by atoms with Gasteiger partial charge in [0.25, 0.3) is 0 Å². The number of allylic oxidation sites excluding steroid dienone is 2. The number of aliphatic hydroxyl groups is 1. The predicted octanol–water partition coefficient (Wildman–Crippen LogP) is 13.6. The average Bonchev–Trinajstić information content (AvgIpc) is 3.49. The Morgan fingerprint density at radius 2 is 1.42 bits per heavy atom. The van der Waals surface area contributed by atoms with E-state index in [1.807, 2.05) is 45.2 Å². The molecule has 0 saturated carbocycles. The van der Waals surface area contributed by atoms with Crippen molar-refractivity contribution < 1.29 is 30.0 Å². The SMILES string of the molecule is CC(C)(C)c1ccc(-c2sc3c(-c4[c-]c5ccccc5c(C(C)(C)C)c4)nccc3c2[Si](C)(C)C)cc1.CCC(CC)C(=O)/C=C(\O)C(CC)CC.[Ir]. The molecule has 5 aromatic rings. The molecule has 2 heterocycles. The molecule has 0 bridgehead atoms. The van der Waals surface area contributed by atoms with Gasteiger partial charge in [-0.3, -0.25) is 9.78 Å². The first-order valence-electron chi connectivity index (χ1n) is 19.3. The molecular weight excluding hydrogens is 863 g/mol. The van der Waals surface area contributed by atoms with E-state index in [0.29, 0.717) is 0 Å². The third-order valence-electron chi connectivity index (χ3n) is 10.3. The normalized spacial score (nSPS) is 12.6. The molecule has 0 aliphatic carbocycles. The molecule has 2 aromatic heterocycles. The van der Waals surface area contributed by atoms with Gasteiger partial charge in [-0.05, 0) is 64.3 Å². The number of carbonyl (C=O) groups excluding carboxylic acids is 1. The van der Waals surface area contributed by atoms with Crippen LogP contribution in [0, 0.1) is 17.9 Å². The van der Waals surface area contributed by atoms with E-state index < -0.39 is 8.07 Å². The second kappa shape index (κ2) is 18.2. The Hall–Kier alpha value is -2.89. The van der Waals surface area contributed by atoms with Crippen LogP contribution in [0.2, 0.25) is 19.6 Å². The second-order valence-electron chi connectivity index (χ2n) is 17.3. The minimum atomic E-state index is -1.66. The number of ketones is 1. The van der Waals surface area contributed by atoms with E-state index in [2.05, 4.69) is 128 Å². The van der Waals surface area contributed by atoms with Crippen LogP contribution >= 0.6 is 11.3 Å². The molecule has 0 spiro atoms. The zero-order chi connectivity index (χ0) is 38.6. The van der Waals surface area contributed by atoms with E-state index in [9.17, 15) is 9.90 Å². The number of hydrogen-bond donors (Lipinski definition) is 1. The van der Waals surface area contributed by atoms with Gasteiger partial charge in [-0.1, -0.05) is 142 Å². The van der Waals surface area contributed by atoms with Crippen molar-refractivity contribution in [2.24, 2.45) is 11.8 Å².